The van der Waals surface area contributed by atoms with Crippen molar-refractivity contribution < 1.29 is 19.1 Å². The van der Waals surface area contributed by atoms with E-state index in [1.54, 1.807) is 4.90 Å². The van der Waals surface area contributed by atoms with Gasteiger partial charge in [-0.3, -0.25) is 9.59 Å². The minimum Gasteiger partial charge on any atom is -0.444 e. The molecule has 0 spiro atoms. The predicted molar refractivity (Wildman–Crippen MR) is 180 cm³/mol. The predicted octanol–water partition coefficient (Wildman–Crippen LogP) is 5.40. The van der Waals surface area contributed by atoms with Crippen LogP contribution in [0.25, 0.3) is 11.1 Å². The number of ether oxygens (including phenoxy) is 1. The average Bonchev–Trinajstić information content (AvgIpc) is 3.55. The van der Waals surface area contributed by atoms with Gasteiger partial charge >= 0.3 is 6.09 Å². The van der Waals surface area contributed by atoms with Gasteiger partial charge in [0.05, 0.1) is 23.0 Å². The monoisotopic (exact) mass is 657 g/mol. The van der Waals surface area contributed by atoms with Gasteiger partial charge in [-0.2, -0.15) is 0 Å². The van der Waals surface area contributed by atoms with Crippen LogP contribution in [0.4, 0.5) is 10.5 Å². The lowest BCUT2D eigenvalue weighted by Crippen LogP contribution is -2.40. The molecule has 4 heterocycles. The molecule has 2 N–H and O–H groups in total. The van der Waals surface area contributed by atoms with Gasteiger partial charge in [0.25, 0.3) is 5.91 Å². The Hall–Kier alpha value is -4.48. The number of nitrogens with zero attached hydrogens (tertiary/aromatic N) is 5. The van der Waals surface area contributed by atoms with Crippen LogP contribution in [0.5, 0.6) is 0 Å². The molecule has 2 amide bonds. The quantitative estimate of drug-likeness (QED) is 0.266. The fourth-order valence-electron chi connectivity index (χ4n) is 6.34. The fraction of sp³-hybridized carbons (Fsp3) is 0.400. The largest absolute Gasteiger partial charge is 0.444 e. The Morgan fingerprint density at radius 2 is 1.64 bits per heavy atom. The molecule has 0 saturated heterocycles. The third-order valence-corrected chi connectivity index (χ3v) is 9.24. The van der Waals surface area contributed by atoms with Gasteiger partial charge in [0.2, 0.25) is 5.78 Å². The van der Waals surface area contributed by atoms with E-state index in [1.165, 1.54) is 0 Å². The summed E-state index contributed by atoms with van der Waals surface area (Å²) in [5, 5.41) is 6.80. The topological polar surface area (TPSA) is 123 Å². The van der Waals surface area contributed by atoms with E-state index in [4.69, 9.17) is 16.3 Å². The molecular weight excluding hydrogens is 618 g/mol. The summed E-state index contributed by atoms with van der Waals surface area (Å²) < 4.78 is 9.23. The molecule has 2 aliphatic heterocycles. The molecule has 6 rings (SSSR count). The van der Waals surface area contributed by atoms with Crippen molar-refractivity contribution in [1.82, 2.24) is 29.3 Å². The maximum Gasteiger partial charge on any atom is 0.410 e. The Kier molecular flexibility index (Phi) is 8.71. The molecule has 2 aliphatic rings. The van der Waals surface area contributed by atoms with Crippen LogP contribution < -0.4 is 10.6 Å². The van der Waals surface area contributed by atoms with Crippen LogP contribution in [0.3, 0.4) is 0 Å². The lowest BCUT2D eigenvalue weighted by atomic mass is 9.96. The third kappa shape index (κ3) is 6.42. The zero-order valence-corrected chi connectivity index (χ0v) is 28.4. The molecule has 47 heavy (non-hydrogen) atoms. The van der Waals surface area contributed by atoms with E-state index < -0.39 is 11.7 Å². The highest BCUT2D eigenvalue weighted by Crippen LogP contribution is 2.36. The van der Waals surface area contributed by atoms with E-state index in [9.17, 15) is 14.4 Å². The zero-order chi connectivity index (χ0) is 33.6. The highest BCUT2D eigenvalue weighted by atomic mass is 35.5. The van der Waals surface area contributed by atoms with Gasteiger partial charge in [0.1, 0.15) is 5.60 Å². The highest BCUT2D eigenvalue weighted by Gasteiger charge is 2.30. The number of Topliss-reactive ketones (excluding diaryl/α,β-unsaturated/α-hetero) is 1. The molecule has 0 unspecified atom stereocenters. The van der Waals surface area contributed by atoms with Crippen LogP contribution in [0.1, 0.15) is 75.9 Å². The lowest BCUT2D eigenvalue weighted by molar-refractivity contribution is 0.0220. The van der Waals surface area contributed by atoms with E-state index in [2.05, 4.69) is 20.6 Å². The van der Waals surface area contributed by atoms with E-state index in [1.807, 2.05) is 87.3 Å². The van der Waals surface area contributed by atoms with Crippen molar-refractivity contribution in [3.8, 4) is 11.1 Å². The van der Waals surface area contributed by atoms with Crippen LogP contribution in [0, 0.1) is 6.92 Å². The Bertz CT molecular complexity index is 1900. The number of carbonyl (C=O) groups is 3. The van der Waals surface area contributed by atoms with Gasteiger partial charge in [0.15, 0.2) is 11.6 Å². The van der Waals surface area contributed by atoms with Crippen LogP contribution in [-0.2, 0) is 51.2 Å². The van der Waals surface area contributed by atoms with Gasteiger partial charge in [-0.1, -0.05) is 41.9 Å². The molecule has 2 aromatic heterocycles. The number of anilines is 1. The molecule has 0 saturated carbocycles. The van der Waals surface area contributed by atoms with Crippen LogP contribution in [-0.4, -0.2) is 60.5 Å². The highest BCUT2D eigenvalue weighted by molar-refractivity contribution is 6.34. The van der Waals surface area contributed by atoms with Gasteiger partial charge in [-0.25, -0.2) is 14.8 Å². The molecular formula is C35H40ClN7O4. The maximum atomic E-state index is 13.6. The van der Waals surface area contributed by atoms with Crippen LogP contribution >= 0.6 is 11.6 Å². The van der Waals surface area contributed by atoms with Crippen molar-refractivity contribution >= 4 is 35.1 Å². The Balaban J connectivity index is 1.20. The summed E-state index contributed by atoms with van der Waals surface area (Å²) in [6.45, 7) is 9.72. The van der Waals surface area contributed by atoms with E-state index >= 15 is 0 Å². The SMILES string of the molecule is Cc1c(NC(=O)c2nc3c(n2C)CCNC3)cccc1-c1cccc(CC(=O)c2nc3c(n2C)CCN(C(=O)OC(C)(C)C)C3)c1Cl. The standard InChI is InChI=1S/C35H40ClN7O4/c1-20-22(10-8-12-24(20)40-33(45)32-38-25-18-37-15-13-27(25)42(32)6)23-11-7-9-21(30(23)36)17-29(44)31-39-26-19-43(16-14-28(26)41(31)5)34(46)47-35(2,3)4/h7-12,37H,13-19H2,1-6H3,(H,40,45). The molecule has 246 valence electrons. The number of aromatic nitrogens is 4. The molecule has 0 aliphatic carbocycles. The Labute approximate surface area is 279 Å². The van der Waals surface area contributed by atoms with Gasteiger partial charge in [-0.05, 0) is 50.5 Å². The summed E-state index contributed by atoms with van der Waals surface area (Å²) in [6, 6.07) is 11.3. The number of hydrogen-bond donors (Lipinski definition) is 2. The fourth-order valence-corrected chi connectivity index (χ4v) is 6.63. The summed E-state index contributed by atoms with van der Waals surface area (Å²) in [7, 11) is 3.71. The number of halogens is 1. The molecule has 0 atom stereocenters. The van der Waals surface area contributed by atoms with Crippen molar-refractivity contribution in [3.63, 3.8) is 0 Å². The molecule has 0 radical (unpaired) electrons. The molecule has 4 aromatic rings. The summed E-state index contributed by atoms with van der Waals surface area (Å²) in [5.41, 5.74) is 6.80. The molecule has 0 fully saturated rings. The summed E-state index contributed by atoms with van der Waals surface area (Å²) >= 11 is 6.98. The van der Waals surface area contributed by atoms with Crippen molar-refractivity contribution in [2.75, 3.05) is 18.4 Å². The minimum absolute atomic E-state index is 0.0559. The molecule has 0 bridgehead atoms. The van der Waals surface area contributed by atoms with E-state index in [0.717, 1.165) is 46.7 Å². The second kappa shape index (κ2) is 12.6. The van der Waals surface area contributed by atoms with Crippen molar-refractivity contribution in [2.24, 2.45) is 14.1 Å². The number of ketones is 1. The van der Waals surface area contributed by atoms with Gasteiger partial charge in [0, 0.05) is 75.6 Å². The number of imidazole rings is 2. The molecule has 11 nitrogen and oxygen atoms in total. The van der Waals surface area contributed by atoms with Crippen molar-refractivity contribution in [1.29, 1.82) is 0 Å². The first-order chi connectivity index (χ1) is 22.3. The first-order valence-corrected chi connectivity index (χ1v) is 16.2. The number of benzene rings is 2. The minimum atomic E-state index is -0.596. The zero-order valence-electron chi connectivity index (χ0n) is 27.7. The number of carbonyl (C=O) groups excluding carboxylic acids is 3. The van der Waals surface area contributed by atoms with Gasteiger partial charge in [-0.15, -0.1) is 0 Å². The average molecular weight is 658 g/mol. The molecule has 2 aromatic carbocycles. The second-order valence-corrected chi connectivity index (χ2v) is 13.5. The summed E-state index contributed by atoms with van der Waals surface area (Å²) in [5.74, 6) is 0.251. The van der Waals surface area contributed by atoms with E-state index in [0.29, 0.717) is 53.1 Å². The smallest absolute Gasteiger partial charge is 0.410 e. The van der Waals surface area contributed by atoms with Crippen LogP contribution in [0.2, 0.25) is 5.02 Å². The number of fused-ring (bicyclic) bond motifs is 2. The van der Waals surface area contributed by atoms with Crippen molar-refractivity contribution in [3.05, 3.63) is 87.0 Å². The van der Waals surface area contributed by atoms with Crippen molar-refractivity contribution in [2.45, 2.75) is 65.6 Å². The van der Waals surface area contributed by atoms with E-state index in [-0.39, 0.29) is 24.7 Å². The number of rotatable bonds is 6. The lowest BCUT2D eigenvalue weighted by Gasteiger charge is -2.29. The van der Waals surface area contributed by atoms with Crippen LogP contribution in [0.15, 0.2) is 36.4 Å². The normalized spacial score (nSPS) is 14.4. The Morgan fingerprint density at radius 1 is 0.957 bits per heavy atom. The summed E-state index contributed by atoms with van der Waals surface area (Å²) in [4.78, 5) is 50.5. The second-order valence-electron chi connectivity index (χ2n) is 13.2. The van der Waals surface area contributed by atoms with Gasteiger partial charge < -0.3 is 29.4 Å². The first-order valence-electron chi connectivity index (χ1n) is 15.8. The third-order valence-electron chi connectivity index (χ3n) is 8.79. The number of amides is 2. The number of nitrogens with one attached hydrogen (secondary N) is 2. The first kappa shape index (κ1) is 32.5. The molecule has 12 heteroatoms. The summed E-state index contributed by atoms with van der Waals surface area (Å²) in [6.07, 6.45) is 1.07. The number of hydrogen-bond acceptors (Lipinski definition) is 7. The Morgan fingerprint density at radius 3 is 2.38 bits per heavy atom. The maximum absolute atomic E-state index is 13.6.